The van der Waals surface area contributed by atoms with Crippen LogP contribution in [-0.4, -0.2) is 13.7 Å². The van der Waals surface area contributed by atoms with Crippen molar-refractivity contribution < 1.29 is 4.74 Å². The summed E-state index contributed by atoms with van der Waals surface area (Å²) >= 11 is 0. The summed E-state index contributed by atoms with van der Waals surface area (Å²) in [5, 5.41) is 0. The molecule has 0 aromatic rings. The van der Waals surface area contributed by atoms with Crippen LogP contribution in [0.3, 0.4) is 0 Å². The maximum atomic E-state index is 5.37. The minimum atomic E-state index is 0.644. The largest absolute Gasteiger partial charge is 0.384 e. The van der Waals surface area contributed by atoms with Gasteiger partial charge in [-0.25, -0.2) is 0 Å². The molecule has 4 saturated carbocycles. The molecule has 0 aromatic heterocycles. The van der Waals surface area contributed by atoms with Crippen LogP contribution in [0.25, 0.3) is 0 Å². The maximum absolute atomic E-state index is 5.37. The minimum Gasteiger partial charge on any atom is -0.384 e. The first-order chi connectivity index (χ1) is 5.81. The molecule has 2 atom stereocenters. The van der Waals surface area contributed by atoms with E-state index in [1.807, 2.05) is 7.11 Å². The van der Waals surface area contributed by atoms with E-state index in [1.54, 1.807) is 12.8 Å². The number of hydrogen-bond donors (Lipinski definition) is 0. The molecule has 0 saturated heterocycles. The van der Waals surface area contributed by atoms with Crippen LogP contribution < -0.4 is 0 Å². The molecule has 12 heavy (non-hydrogen) atoms. The summed E-state index contributed by atoms with van der Waals surface area (Å²) in [6, 6.07) is 0. The Morgan fingerprint density at radius 1 is 1.17 bits per heavy atom. The van der Waals surface area contributed by atoms with E-state index in [4.69, 9.17) is 4.74 Å². The second kappa shape index (κ2) is 2.25. The highest BCUT2D eigenvalue weighted by atomic mass is 16.5. The molecule has 0 aromatic carbocycles. The lowest BCUT2D eigenvalue weighted by Gasteiger charge is -2.37. The van der Waals surface area contributed by atoms with Gasteiger partial charge in [0.2, 0.25) is 0 Å². The molecule has 68 valence electrons. The zero-order chi connectivity index (χ0) is 8.18. The van der Waals surface area contributed by atoms with Gasteiger partial charge in [-0.2, -0.15) is 0 Å². The van der Waals surface area contributed by atoms with Crippen LogP contribution in [0.4, 0.5) is 0 Å². The van der Waals surface area contributed by atoms with Gasteiger partial charge in [-0.05, 0) is 55.3 Å². The number of ether oxygens (including phenoxy) is 1. The van der Waals surface area contributed by atoms with Gasteiger partial charge in [0.1, 0.15) is 0 Å². The molecule has 0 heterocycles. The van der Waals surface area contributed by atoms with E-state index in [9.17, 15) is 0 Å². The third-order valence-corrected chi connectivity index (χ3v) is 4.50. The van der Waals surface area contributed by atoms with E-state index in [2.05, 4.69) is 0 Å². The second-order valence-electron chi connectivity index (χ2n) is 5.40. The number of hydrogen-bond acceptors (Lipinski definition) is 1. The Balaban J connectivity index is 1.84. The molecule has 2 unspecified atom stereocenters. The number of rotatable bonds is 2. The Bertz CT molecular complexity index is 180. The predicted molar refractivity (Wildman–Crippen MR) is 47.9 cm³/mol. The summed E-state index contributed by atoms with van der Waals surface area (Å²) < 4.78 is 5.37. The highest BCUT2D eigenvalue weighted by Gasteiger charge is 2.55. The summed E-state index contributed by atoms with van der Waals surface area (Å²) in [4.78, 5) is 0. The van der Waals surface area contributed by atoms with Crippen LogP contribution in [0.15, 0.2) is 0 Å². The lowest BCUT2D eigenvalue weighted by atomic mass is 9.70. The standard InChI is InChI=1S/C11H18O/c1-12-7-11-4-8-2-9(5-11)10(3-8)6-11/h8-10H,2-7H2,1H3. The van der Waals surface area contributed by atoms with Crippen LogP contribution in [-0.2, 0) is 4.74 Å². The fourth-order valence-electron chi connectivity index (χ4n) is 4.46. The Morgan fingerprint density at radius 2 is 1.83 bits per heavy atom. The van der Waals surface area contributed by atoms with Gasteiger partial charge in [-0.1, -0.05) is 0 Å². The van der Waals surface area contributed by atoms with Gasteiger partial charge in [0.25, 0.3) is 0 Å². The molecule has 4 fully saturated rings. The van der Waals surface area contributed by atoms with Crippen molar-refractivity contribution in [2.75, 3.05) is 13.7 Å². The molecule has 0 N–H and O–H groups in total. The quantitative estimate of drug-likeness (QED) is 0.612. The second-order valence-corrected chi connectivity index (χ2v) is 5.40. The van der Waals surface area contributed by atoms with Crippen molar-refractivity contribution in [1.82, 2.24) is 0 Å². The third kappa shape index (κ3) is 0.834. The van der Waals surface area contributed by atoms with Gasteiger partial charge in [-0.3, -0.25) is 0 Å². The topological polar surface area (TPSA) is 9.23 Å². The summed E-state index contributed by atoms with van der Waals surface area (Å²) in [7, 11) is 1.86. The highest BCUT2D eigenvalue weighted by molar-refractivity contribution is 5.05. The summed E-state index contributed by atoms with van der Waals surface area (Å²) in [6.45, 7) is 1.04. The van der Waals surface area contributed by atoms with Crippen molar-refractivity contribution in [3.8, 4) is 0 Å². The molecular weight excluding hydrogens is 148 g/mol. The molecule has 4 bridgehead atoms. The minimum absolute atomic E-state index is 0.644. The van der Waals surface area contributed by atoms with Gasteiger partial charge in [0.05, 0.1) is 6.61 Å². The Labute approximate surface area is 74.5 Å². The molecule has 1 heteroatoms. The van der Waals surface area contributed by atoms with Crippen molar-refractivity contribution in [3.05, 3.63) is 0 Å². The van der Waals surface area contributed by atoms with Crippen molar-refractivity contribution in [2.24, 2.45) is 23.2 Å². The first-order valence-corrected chi connectivity index (χ1v) is 5.30. The molecule has 4 aliphatic carbocycles. The fourth-order valence-corrected chi connectivity index (χ4v) is 4.46. The van der Waals surface area contributed by atoms with Crippen molar-refractivity contribution in [2.45, 2.75) is 32.1 Å². The van der Waals surface area contributed by atoms with E-state index in [-0.39, 0.29) is 0 Å². The van der Waals surface area contributed by atoms with Gasteiger partial charge in [0.15, 0.2) is 0 Å². The number of methoxy groups -OCH3 is 1. The summed E-state index contributed by atoms with van der Waals surface area (Å²) in [5.41, 5.74) is 0.644. The van der Waals surface area contributed by atoms with Crippen LogP contribution in [0.5, 0.6) is 0 Å². The molecule has 0 aliphatic heterocycles. The summed E-state index contributed by atoms with van der Waals surface area (Å²) in [5.74, 6) is 3.27. The molecule has 0 spiro atoms. The van der Waals surface area contributed by atoms with Gasteiger partial charge in [-0.15, -0.1) is 0 Å². The third-order valence-electron chi connectivity index (χ3n) is 4.50. The zero-order valence-corrected chi connectivity index (χ0v) is 7.88. The van der Waals surface area contributed by atoms with E-state index in [0.29, 0.717) is 5.41 Å². The van der Waals surface area contributed by atoms with Crippen molar-refractivity contribution >= 4 is 0 Å². The van der Waals surface area contributed by atoms with Crippen LogP contribution in [0, 0.1) is 23.2 Å². The smallest absolute Gasteiger partial charge is 0.0518 e. The average Bonchev–Trinajstić information content (AvgIpc) is 2.38. The average molecular weight is 166 g/mol. The van der Waals surface area contributed by atoms with Crippen molar-refractivity contribution in [1.29, 1.82) is 0 Å². The van der Waals surface area contributed by atoms with Gasteiger partial charge < -0.3 is 4.74 Å². The SMILES string of the molecule is COCC12CC3CC(C1)C(C3)C2. The first-order valence-electron chi connectivity index (χ1n) is 5.30. The summed E-state index contributed by atoms with van der Waals surface area (Å²) in [6.07, 6.45) is 7.56. The first kappa shape index (κ1) is 7.37. The van der Waals surface area contributed by atoms with Gasteiger partial charge in [0, 0.05) is 7.11 Å². The van der Waals surface area contributed by atoms with Gasteiger partial charge >= 0.3 is 0 Å². The molecule has 1 nitrogen and oxygen atoms in total. The predicted octanol–water partition coefficient (Wildman–Crippen LogP) is 2.46. The van der Waals surface area contributed by atoms with E-state index in [0.717, 1.165) is 24.4 Å². The molecular formula is C11H18O. The van der Waals surface area contributed by atoms with Crippen LogP contribution >= 0.6 is 0 Å². The Kier molecular flexibility index (Phi) is 1.39. The van der Waals surface area contributed by atoms with Crippen LogP contribution in [0.1, 0.15) is 32.1 Å². The molecule has 4 rings (SSSR count). The zero-order valence-electron chi connectivity index (χ0n) is 7.88. The Hall–Kier alpha value is -0.0400. The highest BCUT2D eigenvalue weighted by Crippen LogP contribution is 2.64. The van der Waals surface area contributed by atoms with E-state index < -0.39 is 0 Å². The van der Waals surface area contributed by atoms with E-state index >= 15 is 0 Å². The lowest BCUT2D eigenvalue weighted by Crippen LogP contribution is -2.31. The molecule has 0 amide bonds. The molecule has 4 aliphatic rings. The van der Waals surface area contributed by atoms with E-state index in [1.165, 1.54) is 19.3 Å². The molecule has 0 radical (unpaired) electrons. The monoisotopic (exact) mass is 166 g/mol. The van der Waals surface area contributed by atoms with Crippen molar-refractivity contribution in [3.63, 3.8) is 0 Å². The maximum Gasteiger partial charge on any atom is 0.0518 e. The Morgan fingerprint density at radius 3 is 2.33 bits per heavy atom. The fraction of sp³-hybridized carbons (Fsp3) is 1.00. The lowest BCUT2D eigenvalue weighted by molar-refractivity contribution is 0.0336. The normalized spacial score (nSPS) is 55.2. The van der Waals surface area contributed by atoms with Crippen LogP contribution in [0.2, 0.25) is 0 Å².